The van der Waals surface area contributed by atoms with Crippen LogP contribution in [0.2, 0.25) is 0 Å². The Morgan fingerprint density at radius 2 is 1.56 bits per heavy atom. The maximum Gasteiger partial charge on any atom is 0.408 e. The van der Waals surface area contributed by atoms with Crippen molar-refractivity contribution in [3.63, 3.8) is 0 Å². The molecule has 4 aromatic carbocycles. The average molecular weight is 707 g/mol. The van der Waals surface area contributed by atoms with Crippen molar-refractivity contribution in [3.8, 4) is 5.75 Å². The highest BCUT2D eigenvalue weighted by molar-refractivity contribution is 5.93. The van der Waals surface area contributed by atoms with Crippen LogP contribution in [0.5, 0.6) is 5.75 Å². The van der Waals surface area contributed by atoms with Crippen LogP contribution in [0.4, 0.5) is 10.5 Å². The van der Waals surface area contributed by atoms with Gasteiger partial charge in [-0.3, -0.25) is 14.4 Å². The van der Waals surface area contributed by atoms with Crippen molar-refractivity contribution in [2.75, 3.05) is 18.5 Å². The van der Waals surface area contributed by atoms with Gasteiger partial charge in [0.2, 0.25) is 11.8 Å². The standard InChI is InChI=1S/C41H46N4O7/c1-28-16-18-34(51-21-20-31-22-32-14-8-9-15-35(32)42-25-31)23-33(28)26-43-39(48)36(19-17-29-10-4-2-5-11-29)44-40(49)37(24-38(46)47)45-41(50)52-27-30-12-6-3-7-13-30/h2-16,18,23,31,36-37,42H,17,19-22,24-27H2,1H3,(H,43,48)(H,44,49)(H,45,50)(H,46,47)/t31?,36?,37-/m0/s1. The van der Waals surface area contributed by atoms with Crippen LogP contribution < -0.4 is 26.0 Å². The molecule has 0 aliphatic carbocycles. The van der Waals surface area contributed by atoms with E-state index in [1.54, 1.807) is 24.3 Å². The van der Waals surface area contributed by atoms with E-state index in [4.69, 9.17) is 9.47 Å². The second-order valence-electron chi connectivity index (χ2n) is 13.0. The number of benzene rings is 4. The number of carboxylic acids is 1. The minimum Gasteiger partial charge on any atom is -0.494 e. The molecular formula is C41H46N4O7. The first-order valence-corrected chi connectivity index (χ1v) is 17.6. The molecule has 0 bridgehead atoms. The number of alkyl carbamates (subject to hydrolysis) is 1. The molecule has 2 unspecified atom stereocenters. The highest BCUT2D eigenvalue weighted by atomic mass is 16.5. The zero-order valence-corrected chi connectivity index (χ0v) is 29.3. The van der Waals surface area contributed by atoms with Gasteiger partial charge in [-0.05, 0) is 84.5 Å². The quantitative estimate of drug-likeness (QED) is 0.0958. The third kappa shape index (κ3) is 11.6. The molecule has 11 heteroatoms. The van der Waals surface area contributed by atoms with Gasteiger partial charge in [0.1, 0.15) is 24.4 Å². The average Bonchev–Trinajstić information content (AvgIpc) is 3.16. The number of aryl methyl sites for hydroxylation is 2. The first-order valence-electron chi connectivity index (χ1n) is 17.6. The van der Waals surface area contributed by atoms with Crippen molar-refractivity contribution in [2.24, 2.45) is 5.92 Å². The molecule has 5 rings (SSSR count). The summed E-state index contributed by atoms with van der Waals surface area (Å²) in [5.74, 6) is -1.38. The van der Waals surface area contributed by atoms with Crippen molar-refractivity contribution in [1.29, 1.82) is 0 Å². The first kappa shape index (κ1) is 37.4. The summed E-state index contributed by atoms with van der Waals surface area (Å²) in [4.78, 5) is 51.3. The van der Waals surface area contributed by atoms with Crippen LogP contribution >= 0.6 is 0 Å². The number of amides is 3. The van der Waals surface area contributed by atoms with Crippen LogP contribution in [0.25, 0.3) is 0 Å². The van der Waals surface area contributed by atoms with Gasteiger partial charge in [-0.25, -0.2) is 4.79 Å². The Morgan fingerprint density at radius 3 is 2.31 bits per heavy atom. The van der Waals surface area contributed by atoms with Crippen molar-refractivity contribution < 1.29 is 33.8 Å². The summed E-state index contributed by atoms with van der Waals surface area (Å²) in [5, 5.41) is 21.0. The van der Waals surface area contributed by atoms with E-state index in [-0.39, 0.29) is 19.6 Å². The smallest absolute Gasteiger partial charge is 0.408 e. The van der Waals surface area contributed by atoms with Gasteiger partial charge in [-0.15, -0.1) is 0 Å². The minimum atomic E-state index is -1.47. The summed E-state index contributed by atoms with van der Waals surface area (Å²) in [6.45, 7) is 3.53. The molecule has 3 atom stereocenters. The third-order valence-electron chi connectivity index (χ3n) is 9.07. The van der Waals surface area contributed by atoms with Crippen LogP contribution in [-0.2, 0) is 45.1 Å². The minimum absolute atomic E-state index is 0.0606. The Kier molecular flexibility index (Phi) is 13.6. The van der Waals surface area contributed by atoms with Gasteiger partial charge in [0.15, 0.2) is 0 Å². The lowest BCUT2D eigenvalue weighted by Crippen LogP contribution is -2.54. The number of anilines is 1. The van der Waals surface area contributed by atoms with Gasteiger partial charge >= 0.3 is 12.1 Å². The lowest BCUT2D eigenvalue weighted by Gasteiger charge is -2.26. The molecule has 5 N–H and O–H groups in total. The van der Waals surface area contributed by atoms with Gasteiger partial charge in [-0.2, -0.15) is 0 Å². The van der Waals surface area contributed by atoms with Crippen molar-refractivity contribution in [1.82, 2.24) is 16.0 Å². The number of hydrogen-bond donors (Lipinski definition) is 5. The number of ether oxygens (including phenoxy) is 2. The van der Waals surface area contributed by atoms with E-state index in [0.29, 0.717) is 24.7 Å². The Balaban J connectivity index is 1.18. The predicted octanol–water partition coefficient (Wildman–Crippen LogP) is 5.55. The van der Waals surface area contributed by atoms with Crippen molar-refractivity contribution in [3.05, 3.63) is 131 Å². The molecule has 11 nitrogen and oxygen atoms in total. The van der Waals surface area contributed by atoms with Crippen LogP contribution in [0.3, 0.4) is 0 Å². The maximum atomic E-state index is 13.6. The number of carbonyl (C=O) groups excluding carboxylic acids is 3. The third-order valence-corrected chi connectivity index (χ3v) is 9.07. The largest absolute Gasteiger partial charge is 0.494 e. The fourth-order valence-corrected chi connectivity index (χ4v) is 6.08. The summed E-state index contributed by atoms with van der Waals surface area (Å²) < 4.78 is 11.3. The van der Waals surface area contributed by atoms with Gasteiger partial charge in [0, 0.05) is 18.8 Å². The number of rotatable bonds is 17. The second kappa shape index (κ2) is 19.0. The van der Waals surface area contributed by atoms with E-state index >= 15 is 0 Å². The predicted molar refractivity (Wildman–Crippen MR) is 198 cm³/mol. The lowest BCUT2D eigenvalue weighted by molar-refractivity contribution is -0.140. The SMILES string of the molecule is Cc1ccc(OCCC2CNc3ccccc3C2)cc1CNC(=O)C(CCc1ccccc1)NC(=O)[C@H](CC(=O)O)NC(=O)OCc1ccccc1. The topological polar surface area (TPSA) is 155 Å². The molecule has 0 fully saturated rings. The summed E-state index contributed by atoms with van der Waals surface area (Å²) in [7, 11) is 0. The van der Waals surface area contributed by atoms with Crippen LogP contribution in [-0.4, -0.2) is 54.2 Å². The van der Waals surface area contributed by atoms with Crippen LogP contribution in [0.15, 0.2) is 103 Å². The first-order chi connectivity index (χ1) is 25.2. The van der Waals surface area contributed by atoms with Gasteiger partial charge in [0.25, 0.3) is 0 Å². The van der Waals surface area contributed by atoms with E-state index in [9.17, 15) is 24.3 Å². The highest BCUT2D eigenvalue weighted by Crippen LogP contribution is 2.26. The monoisotopic (exact) mass is 706 g/mol. The van der Waals surface area contributed by atoms with Crippen LogP contribution in [0.1, 0.15) is 47.1 Å². The number of carbonyl (C=O) groups is 4. The summed E-state index contributed by atoms with van der Waals surface area (Å²) in [6.07, 6.45) is 0.962. The molecule has 3 amide bonds. The molecule has 1 aliphatic rings. The number of fused-ring (bicyclic) bond motifs is 1. The molecule has 272 valence electrons. The zero-order chi connectivity index (χ0) is 36.7. The molecular weight excluding hydrogens is 660 g/mol. The lowest BCUT2D eigenvalue weighted by atomic mass is 9.92. The highest BCUT2D eigenvalue weighted by Gasteiger charge is 2.29. The van der Waals surface area contributed by atoms with Gasteiger partial charge in [-0.1, -0.05) is 84.9 Å². The Bertz CT molecular complexity index is 1800. The fraction of sp³-hybridized carbons (Fsp3) is 0.317. The van der Waals surface area contributed by atoms with Crippen molar-refractivity contribution in [2.45, 2.75) is 64.3 Å². The molecule has 0 spiro atoms. The number of carboxylic acid groups (broad SMARTS) is 1. The molecule has 1 heterocycles. The fourth-order valence-electron chi connectivity index (χ4n) is 6.08. The normalized spacial score (nSPS) is 14.4. The molecule has 1 aliphatic heterocycles. The number of para-hydroxylation sites is 1. The van der Waals surface area contributed by atoms with E-state index in [1.807, 2.05) is 67.6 Å². The summed E-state index contributed by atoms with van der Waals surface area (Å²) >= 11 is 0. The summed E-state index contributed by atoms with van der Waals surface area (Å²) in [5.41, 5.74) is 6.03. The Hall–Kier alpha value is -5.84. The van der Waals surface area contributed by atoms with E-state index in [2.05, 4.69) is 39.5 Å². The molecule has 4 aromatic rings. The zero-order valence-electron chi connectivity index (χ0n) is 29.3. The number of nitrogens with one attached hydrogen (secondary N) is 4. The van der Waals surface area contributed by atoms with E-state index in [1.165, 1.54) is 11.3 Å². The summed E-state index contributed by atoms with van der Waals surface area (Å²) in [6, 6.07) is 30.1. The van der Waals surface area contributed by atoms with Crippen molar-refractivity contribution >= 4 is 29.6 Å². The molecule has 0 aromatic heterocycles. The van der Waals surface area contributed by atoms with E-state index in [0.717, 1.165) is 41.6 Å². The van der Waals surface area contributed by atoms with Gasteiger partial charge in [0.05, 0.1) is 13.0 Å². The maximum absolute atomic E-state index is 13.6. The van der Waals surface area contributed by atoms with Crippen LogP contribution in [0, 0.1) is 12.8 Å². The number of hydrogen-bond acceptors (Lipinski definition) is 7. The molecule has 0 radical (unpaired) electrons. The molecule has 0 saturated heterocycles. The van der Waals surface area contributed by atoms with E-state index < -0.39 is 42.4 Å². The Labute approximate surface area is 304 Å². The number of aliphatic carboxylic acids is 1. The van der Waals surface area contributed by atoms with Gasteiger partial charge < -0.3 is 35.8 Å². The molecule has 0 saturated carbocycles. The second-order valence-corrected chi connectivity index (χ2v) is 13.0. The molecule has 52 heavy (non-hydrogen) atoms. The Morgan fingerprint density at radius 1 is 0.846 bits per heavy atom.